The molecule has 1 aliphatic carbocycles. The minimum atomic E-state index is -0.102. The van der Waals surface area contributed by atoms with Crippen molar-refractivity contribution in [2.45, 2.75) is 40.5 Å². The number of aromatic nitrogens is 1. The van der Waals surface area contributed by atoms with Crippen LogP contribution in [0.5, 0.6) is 6.08 Å². The fraction of sp³-hybridized carbons (Fsp3) is 0.500. The fourth-order valence-electron chi connectivity index (χ4n) is 3.59. The molecule has 0 radical (unpaired) electrons. The molecule has 1 atom stereocenters. The first-order valence-corrected chi connectivity index (χ1v) is 8.72. The molecule has 0 N–H and O–H groups in total. The maximum Gasteiger partial charge on any atom is 0.395 e. The number of benzene rings is 1. The molecule has 1 aliphatic rings. The molecule has 0 fully saturated rings. The van der Waals surface area contributed by atoms with Gasteiger partial charge in [-0.15, -0.1) is 0 Å². The highest BCUT2D eigenvalue weighted by molar-refractivity contribution is 5.79. The van der Waals surface area contributed by atoms with E-state index in [9.17, 15) is 4.79 Å². The molecule has 1 unspecified atom stereocenters. The smallest absolute Gasteiger partial charge is 0.395 e. The Morgan fingerprint density at radius 3 is 2.92 bits per heavy atom. The Bertz CT molecular complexity index is 819. The van der Waals surface area contributed by atoms with Crippen molar-refractivity contribution in [3.05, 3.63) is 35.5 Å². The third-order valence-corrected chi connectivity index (χ3v) is 4.64. The van der Waals surface area contributed by atoms with Gasteiger partial charge >= 0.3 is 6.08 Å². The van der Waals surface area contributed by atoms with Crippen molar-refractivity contribution in [2.75, 3.05) is 13.7 Å². The predicted molar refractivity (Wildman–Crippen MR) is 97.3 cm³/mol. The van der Waals surface area contributed by atoms with E-state index in [-0.39, 0.29) is 24.0 Å². The average molecular weight is 342 g/mol. The van der Waals surface area contributed by atoms with Crippen molar-refractivity contribution < 1.29 is 13.9 Å². The zero-order chi connectivity index (χ0) is 18.2. The Labute approximate surface area is 148 Å². The highest BCUT2D eigenvalue weighted by atomic mass is 16.6. The molecule has 25 heavy (non-hydrogen) atoms. The van der Waals surface area contributed by atoms with E-state index in [2.05, 4.69) is 31.8 Å². The molecule has 134 valence electrons. The monoisotopic (exact) mass is 342 g/mol. The van der Waals surface area contributed by atoms with Gasteiger partial charge < -0.3 is 14.1 Å². The van der Waals surface area contributed by atoms with Gasteiger partial charge in [0.1, 0.15) is 5.52 Å². The molecular weight excluding hydrogens is 316 g/mol. The highest BCUT2D eigenvalue weighted by Gasteiger charge is 2.28. The van der Waals surface area contributed by atoms with Crippen LogP contribution in [0.1, 0.15) is 39.2 Å². The number of nitrogens with zero attached hydrogens (tertiary/aromatic N) is 2. The second kappa shape index (κ2) is 6.54. The van der Waals surface area contributed by atoms with Crippen molar-refractivity contribution in [1.82, 2.24) is 9.88 Å². The average Bonchev–Trinajstić information content (AvgIpc) is 2.91. The Hall–Kier alpha value is -2.30. The lowest BCUT2D eigenvalue weighted by atomic mass is 9.76. The normalized spacial score (nSPS) is 19.6. The molecule has 0 bridgehead atoms. The Morgan fingerprint density at radius 2 is 2.20 bits per heavy atom. The van der Waals surface area contributed by atoms with Crippen molar-refractivity contribution in [2.24, 2.45) is 11.3 Å². The zero-order valence-corrected chi connectivity index (χ0v) is 15.6. The van der Waals surface area contributed by atoms with Crippen LogP contribution in [0.25, 0.3) is 11.1 Å². The molecule has 0 aliphatic heterocycles. The molecule has 1 aromatic carbocycles. The van der Waals surface area contributed by atoms with Gasteiger partial charge in [-0.05, 0) is 48.8 Å². The van der Waals surface area contributed by atoms with Crippen LogP contribution in [0.2, 0.25) is 0 Å². The third-order valence-electron chi connectivity index (χ3n) is 4.64. The molecule has 1 aromatic heterocycles. The summed E-state index contributed by atoms with van der Waals surface area (Å²) in [5, 5.41) is 0. The van der Waals surface area contributed by atoms with E-state index in [1.807, 2.05) is 25.1 Å². The Kier molecular flexibility index (Phi) is 4.58. The number of allylic oxidation sites excluding steroid dienone is 2. The Morgan fingerprint density at radius 1 is 1.44 bits per heavy atom. The first-order valence-electron chi connectivity index (χ1n) is 8.72. The molecule has 0 saturated carbocycles. The summed E-state index contributed by atoms with van der Waals surface area (Å²) < 4.78 is 11.0. The number of rotatable bonds is 4. The fourth-order valence-corrected chi connectivity index (χ4v) is 3.59. The van der Waals surface area contributed by atoms with E-state index in [1.54, 1.807) is 11.9 Å². The van der Waals surface area contributed by atoms with E-state index >= 15 is 0 Å². The minimum Gasteiger partial charge on any atom is -0.440 e. The van der Waals surface area contributed by atoms with Gasteiger partial charge in [-0.1, -0.05) is 32.9 Å². The number of amides is 1. The van der Waals surface area contributed by atoms with E-state index in [0.717, 1.165) is 29.6 Å². The van der Waals surface area contributed by atoms with E-state index in [4.69, 9.17) is 9.15 Å². The zero-order valence-electron chi connectivity index (χ0n) is 15.6. The van der Waals surface area contributed by atoms with E-state index in [0.29, 0.717) is 11.5 Å². The second-order valence-corrected chi connectivity index (χ2v) is 7.83. The summed E-state index contributed by atoms with van der Waals surface area (Å²) in [6, 6.07) is 5.74. The van der Waals surface area contributed by atoms with Gasteiger partial charge in [-0.2, -0.15) is 4.98 Å². The number of hydrogen-bond acceptors (Lipinski definition) is 4. The van der Waals surface area contributed by atoms with Crippen LogP contribution in [-0.4, -0.2) is 29.4 Å². The van der Waals surface area contributed by atoms with Crippen LogP contribution in [0.3, 0.4) is 0 Å². The molecule has 3 rings (SSSR count). The molecule has 1 heterocycles. The number of carbonyl (C=O) groups is 1. The number of ether oxygens (including phenoxy) is 1. The van der Waals surface area contributed by atoms with Crippen LogP contribution in [0.4, 0.5) is 0 Å². The summed E-state index contributed by atoms with van der Waals surface area (Å²) in [4.78, 5) is 18.5. The molecular formula is C20H26N2O3. The van der Waals surface area contributed by atoms with Gasteiger partial charge in [-0.3, -0.25) is 4.79 Å². The lowest BCUT2D eigenvalue weighted by Crippen LogP contribution is -2.34. The highest BCUT2D eigenvalue weighted by Crippen LogP contribution is 2.37. The first-order chi connectivity index (χ1) is 11.7. The quantitative estimate of drug-likeness (QED) is 0.830. The lowest BCUT2D eigenvalue weighted by Gasteiger charge is -2.35. The van der Waals surface area contributed by atoms with Crippen LogP contribution < -0.4 is 4.74 Å². The van der Waals surface area contributed by atoms with Crippen LogP contribution in [0.15, 0.2) is 34.4 Å². The molecule has 5 heteroatoms. The van der Waals surface area contributed by atoms with Crippen molar-refractivity contribution in [3.63, 3.8) is 0 Å². The largest absolute Gasteiger partial charge is 0.440 e. The SMILES string of the molecule is Cc1ccc2oc(OCC(=O)N(C)C3=CC(C)(C)CC(C)C3)nc2c1. The molecule has 1 amide bonds. The number of hydrogen-bond donors (Lipinski definition) is 0. The molecule has 0 spiro atoms. The summed E-state index contributed by atoms with van der Waals surface area (Å²) in [6.07, 6.45) is 4.38. The van der Waals surface area contributed by atoms with E-state index in [1.165, 1.54) is 0 Å². The predicted octanol–water partition coefficient (Wildman–Crippen LogP) is 4.31. The summed E-state index contributed by atoms with van der Waals surface area (Å²) in [7, 11) is 1.81. The maximum absolute atomic E-state index is 12.5. The van der Waals surface area contributed by atoms with Crippen LogP contribution >= 0.6 is 0 Å². The first kappa shape index (κ1) is 17.5. The number of oxazole rings is 1. The maximum atomic E-state index is 12.5. The second-order valence-electron chi connectivity index (χ2n) is 7.83. The summed E-state index contributed by atoms with van der Waals surface area (Å²) >= 11 is 0. The Balaban J connectivity index is 1.66. The van der Waals surface area contributed by atoms with Gasteiger partial charge in [-0.25, -0.2) is 0 Å². The topological polar surface area (TPSA) is 55.6 Å². The number of carbonyl (C=O) groups excluding carboxylic acids is 1. The standard InChI is InChI=1S/C20H26N2O3/c1-13-6-7-17-16(9-13)21-19(25-17)24-12-18(23)22(5)15-8-14(2)10-20(3,4)11-15/h6-7,9,11,14H,8,10,12H2,1-5H3. The van der Waals surface area contributed by atoms with Gasteiger partial charge in [0.05, 0.1) is 0 Å². The number of fused-ring (bicyclic) bond motifs is 1. The van der Waals surface area contributed by atoms with Crippen molar-refractivity contribution in [1.29, 1.82) is 0 Å². The van der Waals surface area contributed by atoms with Crippen molar-refractivity contribution >= 4 is 17.0 Å². The lowest BCUT2D eigenvalue weighted by molar-refractivity contribution is -0.131. The molecule has 5 nitrogen and oxygen atoms in total. The third kappa shape index (κ3) is 4.03. The van der Waals surface area contributed by atoms with Gasteiger partial charge in [0.25, 0.3) is 5.91 Å². The summed E-state index contributed by atoms with van der Waals surface area (Å²) in [6.45, 7) is 8.54. The number of likely N-dealkylation sites (N-methyl/N-ethyl adjacent to an activating group) is 1. The number of aryl methyl sites for hydroxylation is 1. The molecule has 0 saturated heterocycles. The summed E-state index contributed by atoms with van der Waals surface area (Å²) in [5.74, 6) is 0.459. The van der Waals surface area contributed by atoms with Gasteiger partial charge in [0.15, 0.2) is 12.2 Å². The van der Waals surface area contributed by atoms with Gasteiger partial charge in [0, 0.05) is 12.7 Å². The van der Waals surface area contributed by atoms with E-state index < -0.39 is 0 Å². The van der Waals surface area contributed by atoms with Crippen molar-refractivity contribution in [3.8, 4) is 6.08 Å². The summed E-state index contributed by atoms with van der Waals surface area (Å²) in [5.41, 5.74) is 3.67. The van der Waals surface area contributed by atoms with Gasteiger partial charge in [0.2, 0.25) is 0 Å². The van der Waals surface area contributed by atoms with Crippen LogP contribution in [-0.2, 0) is 4.79 Å². The van der Waals surface area contributed by atoms with Crippen LogP contribution in [0, 0.1) is 18.3 Å². The minimum absolute atomic E-state index is 0.0888. The molecule has 2 aromatic rings.